The average molecular weight is 267 g/mol. The van der Waals surface area contributed by atoms with E-state index in [9.17, 15) is 4.79 Å². The molecule has 5 nitrogen and oxygen atoms in total. The Balaban J connectivity index is 1.64. The van der Waals surface area contributed by atoms with E-state index in [2.05, 4.69) is 10.3 Å². The molecule has 0 radical (unpaired) electrons. The number of carbonyl (C=O) groups is 1. The number of nitrogens with zero attached hydrogens (tertiary/aromatic N) is 2. The van der Waals surface area contributed by atoms with Crippen LogP contribution in [0, 0.1) is 0 Å². The van der Waals surface area contributed by atoms with Crippen LogP contribution in [0.2, 0.25) is 0 Å². The first-order chi connectivity index (χ1) is 8.83. The Hall–Kier alpha value is -1.14. The van der Waals surface area contributed by atoms with E-state index >= 15 is 0 Å². The van der Waals surface area contributed by atoms with Crippen LogP contribution >= 0.6 is 11.3 Å². The van der Waals surface area contributed by atoms with Crippen molar-refractivity contribution in [2.75, 3.05) is 31.6 Å². The summed E-state index contributed by atoms with van der Waals surface area (Å²) in [5, 5.41) is 3.66. The van der Waals surface area contributed by atoms with Crippen molar-refractivity contribution in [2.24, 2.45) is 0 Å². The maximum atomic E-state index is 12.0. The summed E-state index contributed by atoms with van der Waals surface area (Å²) in [6, 6.07) is -0.0515. The molecule has 1 aliphatic carbocycles. The number of aryl methyl sites for hydroxylation is 2. The lowest BCUT2D eigenvalue weighted by Crippen LogP contribution is -2.43. The van der Waals surface area contributed by atoms with E-state index in [1.165, 1.54) is 23.4 Å². The second-order valence-corrected chi connectivity index (χ2v) is 5.71. The predicted octanol–water partition coefficient (Wildman–Crippen LogP) is 1.89. The third-order valence-electron chi connectivity index (χ3n) is 3.36. The zero-order chi connectivity index (χ0) is 12.4. The first kappa shape index (κ1) is 11.9. The van der Waals surface area contributed by atoms with Gasteiger partial charge in [-0.05, 0) is 25.7 Å². The number of aromatic nitrogens is 1. The van der Waals surface area contributed by atoms with Gasteiger partial charge >= 0.3 is 6.03 Å². The molecule has 0 saturated carbocycles. The highest BCUT2D eigenvalue weighted by Crippen LogP contribution is 2.29. The number of amides is 2. The minimum Gasteiger partial charge on any atom is -0.378 e. The molecule has 0 spiro atoms. The second kappa shape index (κ2) is 5.24. The fourth-order valence-electron chi connectivity index (χ4n) is 2.34. The number of thiazole rings is 1. The molecule has 0 unspecified atom stereocenters. The van der Waals surface area contributed by atoms with Crippen molar-refractivity contribution in [1.29, 1.82) is 0 Å². The summed E-state index contributed by atoms with van der Waals surface area (Å²) in [5.41, 5.74) is 1.18. The highest BCUT2D eigenvalue weighted by atomic mass is 32.1. The van der Waals surface area contributed by atoms with Crippen molar-refractivity contribution < 1.29 is 9.53 Å². The molecule has 1 aliphatic heterocycles. The summed E-state index contributed by atoms with van der Waals surface area (Å²) < 4.78 is 5.23. The molecule has 0 bridgehead atoms. The Kier molecular flexibility index (Phi) is 3.47. The predicted molar refractivity (Wildman–Crippen MR) is 70.2 cm³/mol. The lowest BCUT2D eigenvalue weighted by atomic mass is 10.0. The van der Waals surface area contributed by atoms with E-state index in [0.29, 0.717) is 26.3 Å². The van der Waals surface area contributed by atoms with E-state index < -0.39 is 0 Å². The number of urea groups is 1. The van der Waals surface area contributed by atoms with Gasteiger partial charge in [0.1, 0.15) is 0 Å². The average Bonchev–Trinajstić information content (AvgIpc) is 2.82. The van der Waals surface area contributed by atoms with Crippen LogP contribution in [0.5, 0.6) is 0 Å². The Morgan fingerprint density at radius 2 is 2.06 bits per heavy atom. The summed E-state index contributed by atoms with van der Waals surface area (Å²) in [7, 11) is 0. The van der Waals surface area contributed by atoms with Gasteiger partial charge in [-0.1, -0.05) is 0 Å². The summed E-state index contributed by atoms with van der Waals surface area (Å²) >= 11 is 1.63. The van der Waals surface area contributed by atoms with E-state index in [-0.39, 0.29) is 6.03 Å². The molecule has 2 aliphatic rings. The summed E-state index contributed by atoms with van der Waals surface area (Å²) in [6.07, 6.45) is 4.62. The molecule has 1 fully saturated rings. The van der Waals surface area contributed by atoms with Crippen LogP contribution in [0.15, 0.2) is 0 Å². The SMILES string of the molecule is O=C(Nc1nc2c(s1)CCCC2)N1CCOCC1. The normalized spacial score (nSPS) is 19.4. The van der Waals surface area contributed by atoms with Crippen LogP contribution in [0.4, 0.5) is 9.93 Å². The monoisotopic (exact) mass is 267 g/mol. The van der Waals surface area contributed by atoms with E-state index in [1.807, 2.05) is 0 Å². The van der Waals surface area contributed by atoms with Gasteiger partial charge in [0.25, 0.3) is 0 Å². The minimum atomic E-state index is -0.0515. The third-order valence-corrected chi connectivity index (χ3v) is 4.43. The van der Waals surface area contributed by atoms with Gasteiger partial charge in [-0.3, -0.25) is 5.32 Å². The van der Waals surface area contributed by atoms with Crippen LogP contribution in [0.25, 0.3) is 0 Å². The molecule has 2 heterocycles. The van der Waals surface area contributed by atoms with E-state index in [4.69, 9.17) is 4.74 Å². The molecule has 18 heavy (non-hydrogen) atoms. The number of morpholine rings is 1. The summed E-state index contributed by atoms with van der Waals surface area (Å²) in [4.78, 5) is 19.6. The summed E-state index contributed by atoms with van der Waals surface area (Å²) in [5.74, 6) is 0. The molecule has 1 saturated heterocycles. The van der Waals surface area contributed by atoms with Crippen LogP contribution in [0.1, 0.15) is 23.4 Å². The molecular formula is C12H17N3O2S. The zero-order valence-electron chi connectivity index (χ0n) is 10.3. The Labute approximate surface area is 110 Å². The number of anilines is 1. The van der Waals surface area contributed by atoms with Gasteiger partial charge in [-0.25, -0.2) is 9.78 Å². The Morgan fingerprint density at radius 3 is 2.83 bits per heavy atom. The molecule has 98 valence electrons. The first-order valence-corrected chi connectivity index (χ1v) is 7.27. The first-order valence-electron chi connectivity index (χ1n) is 6.45. The minimum absolute atomic E-state index is 0.0515. The van der Waals surface area contributed by atoms with Gasteiger partial charge in [-0.2, -0.15) is 0 Å². The molecule has 1 aromatic rings. The maximum absolute atomic E-state index is 12.0. The largest absolute Gasteiger partial charge is 0.378 e. The highest BCUT2D eigenvalue weighted by Gasteiger charge is 2.20. The van der Waals surface area contributed by atoms with Crippen molar-refractivity contribution in [3.05, 3.63) is 10.6 Å². The van der Waals surface area contributed by atoms with Crippen molar-refractivity contribution in [2.45, 2.75) is 25.7 Å². The van der Waals surface area contributed by atoms with Crippen molar-refractivity contribution in [1.82, 2.24) is 9.88 Å². The molecule has 2 amide bonds. The molecule has 0 aromatic carbocycles. The summed E-state index contributed by atoms with van der Waals surface area (Å²) in [6.45, 7) is 2.58. The topological polar surface area (TPSA) is 54.5 Å². The lowest BCUT2D eigenvalue weighted by Gasteiger charge is -2.26. The molecule has 1 N–H and O–H groups in total. The van der Waals surface area contributed by atoms with Gasteiger partial charge in [0.2, 0.25) is 0 Å². The van der Waals surface area contributed by atoms with E-state index in [1.54, 1.807) is 16.2 Å². The zero-order valence-corrected chi connectivity index (χ0v) is 11.1. The fourth-order valence-corrected chi connectivity index (χ4v) is 3.38. The molecule has 6 heteroatoms. The van der Waals surface area contributed by atoms with Gasteiger partial charge in [-0.15, -0.1) is 11.3 Å². The standard InChI is InChI=1S/C12H17N3O2S/c16-12(15-5-7-17-8-6-15)14-11-13-9-3-1-2-4-10(9)18-11/h1-8H2,(H,13,14,16). The molecular weight excluding hydrogens is 250 g/mol. The number of nitrogens with one attached hydrogen (secondary N) is 1. The van der Waals surface area contributed by atoms with E-state index in [0.717, 1.165) is 18.0 Å². The van der Waals surface area contributed by atoms with Crippen LogP contribution in [0.3, 0.4) is 0 Å². The fraction of sp³-hybridized carbons (Fsp3) is 0.667. The van der Waals surface area contributed by atoms with Crippen molar-refractivity contribution in [3.63, 3.8) is 0 Å². The number of rotatable bonds is 1. The number of fused-ring (bicyclic) bond motifs is 1. The van der Waals surface area contributed by atoms with Gasteiger partial charge in [0, 0.05) is 18.0 Å². The van der Waals surface area contributed by atoms with Gasteiger partial charge in [0.05, 0.1) is 18.9 Å². The van der Waals surface area contributed by atoms with Crippen molar-refractivity contribution in [3.8, 4) is 0 Å². The smallest absolute Gasteiger partial charge is 0.323 e. The second-order valence-electron chi connectivity index (χ2n) is 4.63. The number of carbonyl (C=O) groups excluding carboxylic acids is 1. The Morgan fingerprint density at radius 1 is 1.28 bits per heavy atom. The molecule has 3 rings (SSSR count). The van der Waals surface area contributed by atoms with Crippen LogP contribution in [-0.2, 0) is 17.6 Å². The maximum Gasteiger partial charge on any atom is 0.323 e. The lowest BCUT2D eigenvalue weighted by molar-refractivity contribution is 0.0564. The van der Waals surface area contributed by atoms with Crippen LogP contribution < -0.4 is 5.32 Å². The van der Waals surface area contributed by atoms with Gasteiger partial charge in [0.15, 0.2) is 5.13 Å². The van der Waals surface area contributed by atoms with Gasteiger partial charge < -0.3 is 9.64 Å². The number of ether oxygens (including phenoxy) is 1. The highest BCUT2D eigenvalue weighted by molar-refractivity contribution is 7.15. The van der Waals surface area contributed by atoms with Crippen LogP contribution in [-0.4, -0.2) is 42.2 Å². The molecule has 1 aromatic heterocycles. The quantitative estimate of drug-likeness (QED) is 0.845. The third kappa shape index (κ3) is 2.49. The molecule has 0 atom stereocenters. The number of hydrogen-bond donors (Lipinski definition) is 1. The van der Waals surface area contributed by atoms with Crippen molar-refractivity contribution >= 4 is 22.5 Å². The Bertz CT molecular complexity index is 417. The number of hydrogen-bond acceptors (Lipinski definition) is 4.